The van der Waals surface area contributed by atoms with Gasteiger partial charge in [0.2, 0.25) is 5.91 Å². The molecular formula is C15H19N3O2S. The molecule has 6 heteroatoms. The van der Waals surface area contributed by atoms with Crippen LogP contribution in [0.3, 0.4) is 0 Å². The number of fused-ring (bicyclic) bond motifs is 1. The van der Waals surface area contributed by atoms with Crippen LogP contribution >= 0.6 is 11.3 Å². The van der Waals surface area contributed by atoms with Crippen LogP contribution in [0.2, 0.25) is 0 Å². The Kier molecular flexibility index (Phi) is 4.05. The van der Waals surface area contributed by atoms with Crippen LogP contribution in [-0.4, -0.2) is 32.9 Å². The van der Waals surface area contributed by atoms with Gasteiger partial charge in [-0.15, -0.1) is 11.3 Å². The second-order valence-corrected chi connectivity index (χ2v) is 6.37. The summed E-state index contributed by atoms with van der Waals surface area (Å²) in [7, 11) is 0. The first-order valence-electron chi connectivity index (χ1n) is 7.43. The number of likely N-dealkylation sites (tertiary alicyclic amines) is 1. The van der Waals surface area contributed by atoms with Gasteiger partial charge in [0.1, 0.15) is 11.2 Å². The van der Waals surface area contributed by atoms with Gasteiger partial charge in [0.05, 0.1) is 11.8 Å². The van der Waals surface area contributed by atoms with E-state index in [0.29, 0.717) is 16.3 Å². The van der Waals surface area contributed by atoms with E-state index >= 15 is 0 Å². The predicted molar refractivity (Wildman–Crippen MR) is 83.5 cm³/mol. The highest BCUT2D eigenvalue weighted by Crippen LogP contribution is 2.20. The smallest absolute Gasteiger partial charge is 0.271 e. The third kappa shape index (κ3) is 2.72. The number of nitrogens with zero attached hydrogens (tertiary/aromatic N) is 3. The first-order valence-corrected chi connectivity index (χ1v) is 8.30. The zero-order valence-corrected chi connectivity index (χ0v) is 12.9. The van der Waals surface area contributed by atoms with Crippen LogP contribution in [0.15, 0.2) is 22.6 Å². The lowest BCUT2D eigenvalue weighted by Gasteiger charge is -2.35. The van der Waals surface area contributed by atoms with E-state index in [1.54, 1.807) is 0 Å². The molecule has 1 aliphatic heterocycles. The molecule has 1 aliphatic rings. The Bertz CT molecular complexity index is 706. The molecule has 2 aromatic heterocycles. The summed E-state index contributed by atoms with van der Waals surface area (Å²) in [5.74, 6) is 0.0290. The van der Waals surface area contributed by atoms with E-state index in [0.717, 1.165) is 25.8 Å². The van der Waals surface area contributed by atoms with Gasteiger partial charge in [-0.25, -0.2) is 4.98 Å². The number of amides is 1. The first-order chi connectivity index (χ1) is 10.2. The standard InChI is InChI=1S/C15H19N3O2S/c1-2-11-5-3-4-7-18(11)13(19)9-17-10-16-12-6-8-21-14(12)15(17)20/h6,8,10-11H,2-5,7,9H2,1H3/t11-/m1/s1. The fourth-order valence-electron chi connectivity index (χ4n) is 2.98. The van der Waals surface area contributed by atoms with Crippen molar-refractivity contribution in [2.45, 2.75) is 45.2 Å². The molecule has 5 nitrogen and oxygen atoms in total. The Labute approximate surface area is 127 Å². The van der Waals surface area contributed by atoms with Crippen molar-refractivity contribution in [1.82, 2.24) is 14.5 Å². The number of thiophene rings is 1. The van der Waals surface area contributed by atoms with Crippen molar-refractivity contribution in [3.8, 4) is 0 Å². The molecule has 3 rings (SSSR count). The molecule has 112 valence electrons. The minimum absolute atomic E-state index is 0.0290. The normalized spacial score (nSPS) is 19.1. The number of carbonyl (C=O) groups is 1. The molecule has 0 saturated carbocycles. The molecule has 3 heterocycles. The molecule has 2 aromatic rings. The molecule has 0 spiro atoms. The molecule has 21 heavy (non-hydrogen) atoms. The summed E-state index contributed by atoms with van der Waals surface area (Å²) in [6.45, 7) is 3.01. The third-order valence-electron chi connectivity index (χ3n) is 4.16. The van der Waals surface area contributed by atoms with Crippen molar-refractivity contribution < 1.29 is 4.79 Å². The van der Waals surface area contributed by atoms with Crippen LogP contribution in [0.25, 0.3) is 10.2 Å². The SMILES string of the molecule is CC[C@@H]1CCCCN1C(=O)Cn1cnc2ccsc2c1=O. The average molecular weight is 305 g/mol. The second-order valence-electron chi connectivity index (χ2n) is 5.46. The van der Waals surface area contributed by atoms with Crippen LogP contribution in [-0.2, 0) is 11.3 Å². The quantitative estimate of drug-likeness (QED) is 0.874. The summed E-state index contributed by atoms with van der Waals surface area (Å²) in [6, 6.07) is 2.14. The largest absolute Gasteiger partial charge is 0.338 e. The summed E-state index contributed by atoms with van der Waals surface area (Å²) < 4.78 is 2.05. The summed E-state index contributed by atoms with van der Waals surface area (Å²) in [5.41, 5.74) is 0.589. The van der Waals surface area contributed by atoms with Crippen molar-refractivity contribution in [3.63, 3.8) is 0 Å². The Balaban J connectivity index is 1.82. The van der Waals surface area contributed by atoms with Gasteiger partial charge in [0, 0.05) is 12.6 Å². The van der Waals surface area contributed by atoms with Gasteiger partial charge in [0.15, 0.2) is 0 Å². The molecule has 1 fully saturated rings. The number of hydrogen-bond acceptors (Lipinski definition) is 4. The zero-order valence-electron chi connectivity index (χ0n) is 12.1. The van der Waals surface area contributed by atoms with Gasteiger partial charge in [-0.3, -0.25) is 14.2 Å². The lowest BCUT2D eigenvalue weighted by atomic mass is 10.00. The number of rotatable bonds is 3. The summed E-state index contributed by atoms with van der Waals surface area (Å²) in [4.78, 5) is 31.0. The fraction of sp³-hybridized carbons (Fsp3) is 0.533. The van der Waals surface area contributed by atoms with Crippen molar-refractivity contribution in [3.05, 3.63) is 28.1 Å². The van der Waals surface area contributed by atoms with E-state index < -0.39 is 0 Å². The maximum absolute atomic E-state index is 12.5. The van der Waals surface area contributed by atoms with Gasteiger partial charge in [-0.1, -0.05) is 6.92 Å². The predicted octanol–water partition coefficient (Wildman–Crippen LogP) is 2.25. The molecule has 0 aromatic carbocycles. The Morgan fingerprint density at radius 2 is 2.33 bits per heavy atom. The molecule has 1 amide bonds. The van der Waals surface area contributed by atoms with Crippen molar-refractivity contribution in [2.75, 3.05) is 6.54 Å². The summed E-state index contributed by atoms with van der Waals surface area (Å²) >= 11 is 1.38. The number of piperidine rings is 1. The highest BCUT2D eigenvalue weighted by Gasteiger charge is 2.25. The average Bonchev–Trinajstić information content (AvgIpc) is 2.99. The highest BCUT2D eigenvalue weighted by atomic mass is 32.1. The Morgan fingerprint density at radius 1 is 1.48 bits per heavy atom. The number of hydrogen-bond donors (Lipinski definition) is 0. The number of carbonyl (C=O) groups excluding carboxylic acids is 1. The van der Waals surface area contributed by atoms with Crippen molar-refractivity contribution >= 4 is 27.5 Å². The third-order valence-corrected chi connectivity index (χ3v) is 5.05. The van der Waals surface area contributed by atoms with Crippen molar-refractivity contribution in [1.29, 1.82) is 0 Å². The Hall–Kier alpha value is -1.69. The van der Waals surface area contributed by atoms with Crippen molar-refractivity contribution in [2.24, 2.45) is 0 Å². The fourth-order valence-corrected chi connectivity index (χ4v) is 3.77. The zero-order chi connectivity index (χ0) is 14.8. The first kappa shape index (κ1) is 14.3. The van der Waals surface area contributed by atoms with Gasteiger partial charge in [0.25, 0.3) is 5.56 Å². The molecule has 0 radical (unpaired) electrons. The molecule has 1 atom stereocenters. The van der Waals surface area contributed by atoms with Gasteiger partial charge >= 0.3 is 0 Å². The van der Waals surface area contributed by atoms with Gasteiger partial charge in [-0.2, -0.15) is 0 Å². The maximum atomic E-state index is 12.5. The van der Waals surface area contributed by atoms with E-state index in [2.05, 4.69) is 11.9 Å². The molecular weight excluding hydrogens is 286 g/mol. The van der Waals surface area contributed by atoms with E-state index in [-0.39, 0.29) is 18.0 Å². The van der Waals surface area contributed by atoms with Crippen LogP contribution in [0.1, 0.15) is 32.6 Å². The Morgan fingerprint density at radius 3 is 3.14 bits per heavy atom. The number of aromatic nitrogens is 2. The summed E-state index contributed by atoms with van der Waals surface area (Å²) in [6.07, 6.45) is 5.77. The molecule has 0 bridgehead atoms. The molecule has 0 N–H and O–H groups in total. The monoisotopic (exact) mass is 305 g/mol. The van der Waals surface area contributed by atoms with Crippen LogP contribution in [0.5, 0.6) is 0 Å². The van der Waals surface area contributed by atoms with E-state index in [9.17, 15) is 9.59 Å². The van der Waals surface area contributed by atoms with Gasteiger partial charge in [-0.05, 0) is 37.1 Å². The van der Waals surface area contributed by atoms with E-state index in [1.165, 1.54) is 28.7 Å². The maximum Gasteiger partial charge on any atom is 0.271 e. The molecule has 0 unspecified atom stereocenters. The lowest BCUT2D eigenvalue weighted by molar-refractivity contribution is -0.135. The second kappa shape index (κ2) is 5.97. The van der Waals surface area contributed by atoms with E-state index in [4.69, 9.17) is 0 Å². The van der Waals surface area contributed by atoms with Gasteiger partial charge < -0.3 is 4.90 Å². The summed E-state index contributed by atoms with van der Waals surface area (Å²) in [5, 5.41) is 1.85. The highest BCUT2D eigenvalue weighted by molar-refractivity contribution is 7.17. The topological polar surface area (TPSA) is 55.2 Å². The minimum atomic E-state index is -0.117. The van der Waals surface area contributed by atoms with Crippen LogP contribution in [0, 0.1) is 0 Å². The van der Waals surface area contributed by atoms with E-state index in [1.807, 2.05) is 16.3 Å². The minimum Gasteiger partial charge on any atom is -0.338 e. The molecule has 0 aliphatic carbocycles. The lowest BCUT2D eigenvalue weighted by Crippen LogP contribution is -2.45. The van der Waals surface area contributed by atoms with Crippen LogP contribution < -0.4 is 5.56 Å². The van der Waals surface area contributed by atoms with Crippen LogP contribution in [0.4, 0.5) is 0 Å². The molecule has 1 saturated heterocycles.